The van der Waals surface area contributed by atoms with Crippen molar-refractivity contribution in [2.24, 2.45) is 0 Å². The molecule has 0 N–H and O–H groups in total. The fraction of sp³-hybridized carbons (Fsp3) is 0.900. The molecule has 0 spiro atoms. The van der Waals surface area contributed by atoms with Crippen LogP contribution in [0.25, 0.3) is 0 Å². The molecule has 0 atom stereocenters. The molecule has 0 aromatic heterocycles. The van der Waals surface area contributed by atoms with E-state index in [1.165, 1.54) is 6.92 Å². The third-order valence-corrected chi connectivity index (χ3v) is 1.71. The van der Waals surface area contributed by atoms with Gasteiger partial charge in [-0.25, -0.2) is 0 Å². The van der Waals surface area contributed by atoms with E-state index in [-0.39, 0.29) is 11.6 Å². The van der Waals surface area contributed by atoms with Crippen molar-refractivity contribution in [2.75, 3.05) is 13.2 Å². The van der Waals surface area contributed by atoms with Crippen LogP contribution in [-0.4, -0.2) is 24.8 Å². The smallest absolute Gasteiger partial charge is 0.302 e. The van der Waals surface area contributed by atoms with E-state index in [9.17, 15) is 4.79 Å². The molecule has 0 aliphatic rings. The van der Waals surface area contributed by atoms with Crippen LogP contribution in [0.1, 0.15) is 40.5 Å². The highest BCUT2D eigenvalue weighted by Gasteiger charge is 2.17. The largest absolute Gasteiger partial charge is 0.466 e. The zero-order chi connectivity index (χ0) is 10.3. The molecule has 0 unspecified atom stereocenters. The van der Waals surface area contributed by atoms with Gasteiger partial charge in [0.15, 0.2) is 0 Å². The maximum Gasteiger partial charge on any atom is 0.302 e. The number of ether oxygens (including phenoxy) is 2. The molecule has 78 valence electrons. The summed E-state index contributed by atoms with van der Waals surface area (Å²) in [6.45, 7) is 8.69. The Hall–Kier alpha value is -0.570. The van der Waals surface area contributed by atoms with Crippen LogP contribution in [-0.2, 0) is 14.3 Å². The maximum atomic E-state index is 10.5. The summed E-state index contributed by atoms with van der Waals surface area (Å²) in [6, 6.07) is 0. The Labute approximate surface area is 80.4 Å². The first-order valence-electron chi connectivity index (χ1n) is 4.75. The number of hydrogen-bond donors (Lipinski definition) is 0. The van der Waals surface area contributed by atoms with Gasteiger partial charge in [0.2, 0.25) is 0 Å². The molecular formula is C10H20O3. The van der Waals surface area contributed by atoms with Crippen molar-refractivity contribution in [3.63, 3.8) is 0 Å². The Balaban J connectivity index is 3.56. The first-order valence-corrected chi connectivity index (χ1v) is 4.75. The number of carbonyl (C=O) groups is 1. The van der Waals surface area contributed by atoms with Crippen LogP contribution >= 0.6 is 0 Å². The Bertz CT molecular complexity index is 152. The monoisotopic (exact) mass is 188 g/mol. The van der Waals surface area contributed by atoms with Gasteiger partial charge in [0.1, 0.15) is 0 Å². The van der Waals surface area contributed by atoms with E-state index in [0.717, 1.165) is 19.4 Å². The first-order chi connectivity index (χ1) is 5.98. The zero-order valence-corrected chi connectivity index (χ0v) is 9.05. The highest BCUT2D eigenvalue weighted by molar-refractivity contribution is 5.65. The molecule has 0 radical (unpaired) electrons. The zero-order valence-electron chi connectivity index (χ0n) is 9.05. The van der Waals surface area contributed by atoms with Gasteiger partial charge in [0.05, 0.1) is 12.2 Å². The molecule has 0 aliphatic heterocycles. The average molecular weight is 188 g/mol. The average Bonchev–Trinajstić information content (AvgIpc) is 2.00. The van der Waals surface area contributed by atoms with Gasteiger partial charge in [0.25, 0.3) is 0 Å². The molecule has 0 heterocycles. The predicted octanol–water partition coefficient (Wildman–Crippen LogP) is 2.14. The van der Waals surface area contributed by atoms with E-state index < -0.39 is 0 Å². The van der Waals surface area contributed by atoms with Crippen molar-refractivity contribution in [3.8, 4) is 0 Å². The fourth-order valence-corrected chi connectivity index (χ4v) is 0.891. The summed E-state index contributed by atoms with van der Waals surface area (Å²) >= 11 is 0. The van der Waals surface area contributed by atoms with Gasteiger partial charge in [-0.15, -0.1) is 0 Å². The normalized spacial score (nSPS) is 11.4. The summed E-state index contributed by atoms with van der Waals surface area (Å²) in [5.41, 5.74) is -0.189. The molecule has 0 bridgehead atoms. The molecule has 0 saturated heterocycles. The molecule has 3 nitrogen and oxygen atoms in total. The molecular weight excluding hydrogens is 168 g/mol. The lowest BCUT2D eigenvalue weighted by Gasteiger charge is -2.24. The van der Waals surface area contributed by atoms with Gasteiger partial charge in [-0.2, -0.15) is 0 Å². The lowest BCUT2D eigenvalue weighted by atomic mass is 10.1. The minimum atomic E-state index is -0.230. The van der Waals surface area contributed by atoms with Crippen molar-refractivity contribution in [1.82, 2.24) is 0 Å². The molecule has 0 saturated carbocycles. The summed E-state index contributed by atoms with van der Waals surface area (Å²) < 4.78 is 10.4. The van der Waals surface area contributed by atoms with Crippen LogP contribution in [0.2, 0.25) is 0 Å². The van der Waals surface area contributed by atoms with Crippen molar-refractivity contribution in [2.45, 2.75) is 46.1 Å². The van der Waals surface area contributed by atoms with E-state index >= 15 is 0 Å². The highest BCUT2D eigenvalue weighted by Crippen LogP contribution is 2.14. The molecule has 0 aromatic carbocycles. The van der Waals surface area contributed by atoms with Crippen LogP contribution in [0.4, 0.5) is 0 Å². The maximum absolute atomic E-state index is 10.5. The summed E-state index contributed by atoms with van der Waals surface area (Å²) in [4.78, 5) is 10.5. The third-order valence-electron chi connectivity index (χ3n) is 1.71. The standard InChI is InChI=1S/C10H20O3/c1-5-7-13-10(3,4)6-8-12-9(2)11/h5-8H2,1-4H3. The quantitative estimate of drug-likeness (QED) is 0.599. The Kier molecular flexibility index (Phi) is 5.71. The third kappa shape index (κ3) is 7.78. The van der Waals surface area contributed by atoms with Crippen molar-refractivity contribution in [3.05, 3.63) is 0 Å². The molecule has 0 aromatic rings. The molecule has 0 aliphatic carbocycles. The van der Waals surface area contributed by atoms with Gasteiger partial charge >= 0.3 is 5.97 Å². The fourth-order valence-electron chi connectivity index (χ4n) is 0.891. The van der Waals surface area contributed by atoms with Gasteiger partial charge in [-0.05, 0) is 20.3 Å². The number of carbonyl (C=O) groups excluding carboxylic acids is 1. The first kappa shape index (κ1) is 12.4. The van der Waals surface area contributed by atoms with E-state index in [4.69, 9.17) is 9.47 Å². The van der Waals surface area contributed by atoms with Gasteiger partial charge in [-0.3, -0.25) is 4.79 Å². The van der Waals surface area contributed by atoms with E-state index in [1.54, 1.807) is 0 Å². The number of hydrogen-bond acceptors (Lipinski definition) is 3. The van der Waals surface area contributed by atoms with E-state index in [1.807, 2.05) is 13.8 Å². The Morgan fingerprint density at radius 2 is 1.92 bits per heavy atom. The molecule has 13 heavy (non-hydrogen) atoms. The minimum absolute atomic E-state index is 0.189. The SMILES string of the molecule is CCCOC(C)(C)CCOC(C)=O. The molecule has 0 amide bonds. The second-order valence-corrected chi connectivity index (χ2v) is 3.70. The van der Waals surface area contributed by atoms with Gasteiger partial charge < -0.3 is 9.47 Å². The molecule has 0 rings (SSSR count). The van der Waals surface area contributed by atoms with Crippen LogP contribution < -0.4 is 0 Å². The van der Waals surface area contributed by atoms with Crippen LogP contribution in [0.3, 0.4) is 0 Å². The van der Waals surface area contributed by atoms with Crippen molar-refractivity contribution in [1.29, 1.82) is 0 Å². The number of rotatable bonds is 6. The van der Waals surface area contributed by atoms with E-state index in [2.05, 4.69) is 6.92 Å². The highest BCUT2D eigenvalue weighted by atomic mass is 16.5. The summed E-state index contributed by atoms with van der Waals surface area (Å²) in [6.07, 6.45) is 1.75. The second-order valence-electron chi connectivity index (χ2n) is 3.70. The van der Waals surface area contributed by atoms with Crippen LogP contribution in [0.15, 0.2) is 0 Å². The van der Waals surface area contributed by atoms with E-state index in [0.29, 0.717) is 6.61 Å². The molecule has 3 heteroatoms. The number of esters is 1. The lowest BCUT2D eigenvalue weighted by Crippen LogP contribution is -2.27. The topological polar surface area (TPSA) is 35.5 Å². The van der Waals surface area contributed by atoms with Gasteiger partial charge in [0, 0.05) is 20.0 Å². The summed E-state index contributed by atoms with van der Waals surface area (Å²) in [5, 5.41) is 0. The van der Waals surface area contributed by atoms with Crippen LogP contribution in [0, 0.1) is 0 Å². The summed E-state index contributed by atoms with van der Waals surface area (Å²) in [5.74, 6) is -0.230. The van der Waals surface area contributed by atoms with Gasteiger partial charge in [-0.1, -0.05) is 6.92 Å². The van der Waals surface area contributed by atoms with Crippen molar-refractivity contribution >= 4 is 5.97 Å². The second kappa shape index (κ2) is 5.97. The minimum Gasteiger partial charge on any atom is -0.466 e. The predicted molar refractivity (Wildman–Crippen MR) is 51.6 cm³/mol. The summed E-state index contributed by atoms with van der Waals surface area (Å²) in [7, 11) is 0. The Morgan fingerprint density at radius 3 is 2.38 bits per heavy atom. The lowest BCUT2D eigenvalue weighted by molar-refractivity contribution is -0.142. The van der Waals surface area contributed by atoms with Crippen LogP contribution in [0.5, 0.6) is 0 Å². The Morgan fingerprint density at radius 1 is 1.31 bits per heavy atom. The molecule has 0 fully saturated rings. The van der Waals surface area contributed by atoms with Crippen molar-refractivity contribution < 1.29 is 14.3 Å².